The van der Waals surface area contributed by atoms with Crippen LogP contribution in [-0.4, -0.2) is 7.11 Å². The summed E-state index contributed by atoms with van der Waals surface area (Å²) in [6.45, 7) is 0.576. The molecular formula is C12H10BrClINO2. The summed E-state index contributed by atoms with van der Waals surface area (Å²) in [4.78, 5) is 0. The molecule has 1 aromatic carbocycles. The molecule has 1 aromatic heterocycles. The molecule has 0 radical (unpaired) electrons. The van der Waals surface area contributed by atoms with Gasteiger partial charge in [-0.15, -0.1) is 0 Å². The molecule has 0 saturated heterocycles. The van der Waals surface area contributed by atoms with Crippen molar-refractivity contribution in [2.24, 2.45) is 0 Å². The Labute approximate surface area is 132 Å². The number of nitrogens with one attached hydrogen (secondary N) is 1. The lowest BCUT2D eigenvalue weighted by molar-refractivity contribution is 0.413. The predicted molar refractivity (Wildman–Crippen MR) is 84.5 cm³/mol. The van der Waals surface area contributed by atoms with E-state index in [1.165, 1.54) is 0 Å². The van der Waals surface area contributed by atoms with Gasteiger partial charge in [-0.1, -0.05) is 11.6 Å². The Morgan fingerprint density at radius 3 is 2.83 bits per heavy atom. The molecule has 96 valence electrons. The van der Waals surface area contributed by atoms with Crippen LogP contribution in [0.2, 0.25) is 5.02 Å². The van der Waals surface area contributed by atoms with Gasteiger partial charge in [0.05, 0.1) is 23.8 Å². The molecule has 0 aliphatic carbocycles. The minimum atomic E-state index is 0.576. The highest BCUT2D eigenvalue weighted by Crippen LogP contribution is 2.36. The van der Waals surface area contributed by atoms with Crippen LogP contribution in [0.1, 0.15) is 5.76 Å². The van der Waals surface area contributed by atoms with Gasteiger partial charge in [0.25, 0.3) is 0 Å². The molecule has 2 aromatic rings. The average Bonchev–Trinajstić information content (AvgIpc) is 2.72. The summed E-state index contributed by atoms with van der Waals surface area (Å²) in [5, 5.41) is 3.88. The minimum absolute atomic E-state index is 0.576. The lowest BCUT2D eigenvalue weighted by Gasteiger charge is -2.12. The quantitative estimate of drug-likeness (QED) is 0.683. The highest BCUT2D eigenvalue weighted by molar-refractivity contribution is 14.1. The summed E-state index contributed by atoms with van der Waals surface area (Å²) in [5.41, 5.74) is 0.822. The van der Waals surface area contributed by atoms with E-state index in [-0.39, 0.29) is 0 Å². The maximum absolute atomic E-state index is 6.01. The molecule has 0 unspecified atom stereocenters. The highest BCUT2D eigenvalue weighted by Gasteiger charge is 2.10. The smallest absolute Gasteiger partial charge is 0.164 e. The fourth-order valence-electron chi connectivity index (χ4n) is 1.53. The number of benzene rings is 1. The van der Waals surface area contributed by atoms with Gasteiger partial charge in [0.2, 0.25) is 0 Å². The van der Waals surface area contributed by atoms with E-state index in [1.807, 2.05) is 18.2 Å². The molecule has 0 amide bonds. The molecule has 0 fully saturated rings. The van der Waals surface area contributed by atoms with Crippen LogP contribution in [0.25, 0.3) is 0 Å². The van der Waals surface area contributed by atoms with Crippen molar-refractivity contribution in [3.8, 4) is 5.75 Å². The van der Waals surface area contributed by atoms with Gasteiger partial charge in [-0.25, -0.2) is 0 Å². The number of rotatable bonds is 4. The van der Waals surface area contributed by atoms with Crippen molar-refractivity contribution in [2.45, 2.75) is 6.54 Å². The zero-order chi connectivity index (χ0) is 13.1. The Bertz CT molecular complexity index is 559. The molecule has 6 heteroatoms. The second-order valence-electron chi connectivity index (χ2n) is 3.53. The largest absolute Gasteiger partial charge is 0.493 e. The van der Waals surface area contributed by atoms with E-state index in [1.54, 1.807) is 13.2 Å². The fraction of sp³-hybridized carbons (Fsp3) is 0.167. The van der Waals surface area contributed by atoms with Crippen LogP contribution in [0.15, 0.2) is 33.2 Å². The Morgan fingerprint density at radius 1 is 1.44 bits per heavy atom. The van der Waals surface area contributed by atoms with Crippen molar-refractivity contribution in [1.82, 2.24) is 0 Å². The van der Waals surface area contributed by atoms with Gasteiger partial charge in [0.1, 0.15) is 5.76 Å². The maximum Gasteiger partial charge on any atom is 0.164 e. The third kappa shape index (κ3) is 3.33. The molecule has 0 aliphatic rings. The molecular weight excluding hydrogens is 432 g/mol. The summed E-state index contributed by atoms with van der Waals surface area (Å²) >= 11 is 11.6. The number of methoxy groups -OCH3 is 1. The van der Waals surface area contributed by atoms with Crippen molar-refractivity contribution in [2.75, 3.05) is 12.4 Å². The lowest BCUT2D eigenvalue weighted by atomic mass is 10.3. The first kappa shape index (κ1) is 14.0. The third-order valence-electron chi connectivity index (χ3n) is 2.29. The third-order valence-corrected chi connectivity index (χ3v) is 3.68. The second-order valence-corrected chi connectivity index (χ2v) is 5.88. The zero-order valence-corrected chi connectivity index (χ0v) is 14.0. The normalized spacial score (nSPS) is 10.4. The van der Waals surface area contributed by atoms with E-state index in [4.69, 9.17) is 20.8 Å². The molecule has 0 bridgehead atoms. The number of halogens is 3. The summed E-state index contributed by atoms with van der Waals surface area (Å²) in [7, 11) is 1.62. The topological polar surface area (TPSA) is 34.4 Å². The van der Waals surface area contributed by atoms with Gasteiger partial charge < -0.3 is 14.5 Å². The Balaban J connectivity index is 2.18. The maximum atomic E-state index is 6.01. The first-order valence-corrected chi connectivity index (χ1v) is 7.36. The molecule has 1 N–H and O–H groups in total. The van der Waals surface area contributed by atoms with Crippen molar-refractivity contribution in [1.29, 1.82) is 0 Å². The first-order chi connectivity index (χ1) is 8.60. The molecule has 2 rings (SSSR count). The van der Waals surface area contributed by atoms with E-state index < -0.39 is 0 Å². The Hall–Kier alpha value is -0.400. The number of furan rings is 1. The molecule has 18 heavy (non-hydrogen) atoms. The fourth-order valence-corrected chi connectivity index (χ4v) is 2.96. The molecule has 0 atom stereocenters. The second kappa shape index (κ2) is 6.16. The van der Waals surface area contributed by atoms with E-state index in [2.05, 4.69) is 43.8 Å². The van der Waals surface area contributed by atoms with Gasteiger partial charge in [-0.3, -0.25) is 0 Å². The SMILES string of the molecule is COc1c(Br)cc(Cl)cc1NCc1ccc(I)o1. The van der Waals surface area contributed by atoms with Crippen molar-refractivity contribution in [3.63, 3.8) is 0 Å². The van der Waals surface area contributed by atoms with E-state index in [0.29, 0.717) is 11.6 Å². The van der Waals surface area contributed by atoms with Crippen molar-refractivity contribution < 1.29 is 9.15 Å². The first-order valence-electron chi connectivity index (χ1n) is 5.11. The number of ether oxygens (including phenoxy) is 1. The van der Waals surface area contributed by atoms with Gasteiger partial charge >= 0.3 is 0 Å². The van der Waals surface area contributed by atoms with Gasteiger partial charge in [-0.2, -0.15) is 0 Å². The van der Waals surface area contributed by atoms with Gasteiger partial charge in [0, 0.05) is 5.02 Å². The standard InChI is InChI=1S/C12H10BrClINO2/c1-17-12-9(13)4-7(14)5-10(12)16-6-8-2-3-11(15)18-8/h2-5,16H,6H2,1H3. The molecule has 0 saturated carbocycles. The van der Waals surface area contributed by atoms with Crippen LogP contribution in [0.3, 0.4) is 0 Å². The monoisotopic (exact) mass is 441 g/mol. The van der Waals surface area contributed by atoms with Crippen molar-refractivity contribution in [3.05, 3.63) is 43.3 Å². The molecule has 0 spiro atoms. The minimum Gasteiger partial charge on any atom is -0.493 e. The van der Waals surface area contributed by atoms with Crippen LogP contribution in [0.5, 0.6) is 5.75 Å². The van der Waals surface area contributed by atoms with Crippen LogP contribution in [-0.2, 0) is 6.54 Å². The van der Waals surface area contributed by atoms with Crippen LogP contribution in [0, 0.1) is 3.77 Å². The van der Waals surface area contributed by atoms with Gasteiger partial charge in [-0.05, 0) is 62.8 Å². The Morgan fingerprint density at radius 2 is 2.22 bits per heavy atom. The zero-order valence-electron chi connectivity index (χ0n) is 9.47. The molecule has 0 aliphatic heterocycles. The summed E-state index contributed by atoms with van der Waals surface area (Å²) < 4.78 is 12.5. The average molecular weight is 442 g/mol. The van der Waals surface area contributed by atoms with E-state index in [0.717, 1.165) is 25.4 Å². The van der Waals surface area contributed by atoms with Crippen LogP contribution >= 0.6 is 50.1 Å². The highest BCUT2D eigenvalue weighted by atomic mass is 127. The summed E-state index contributed by atoms with van der Waals surface area (Å²) in [6, 6.07) is 7.46. The number of hydrogen-bond donors (Lipinski definition) is 1. The number of hydrogen-bond acceptors (Lipinski definition) is 3. The summed E-state index contributed by atoms with van der Waals surface area (Å²) in [5.74, 6) is 1.58. The Kier molecular flexibility index (Phi) is 4.80. The van der Waals surface area contributed by atoms with E-state index in [9.17, 15) is 0 Å². The van der Waals surface area contributed by atoms with E-state index >= 15 is 0 Å². The van der Waals surface area contributed by atoms with Crippen LogP contribution in [0.4, 0.5) is 5.69 Å². The number of anilines is 1. The van der Waals surface area contributed by atoms with Gasteiger partial charge in [0.15, 0.2) is 9.52 Å². The molecule has 3 nitrogen and oxygen atoms in total. The predicted octanol–water partition coefficient (Wildman–Crippen LogP) is 4.92. The summed E-state index contributed by atoms with van der Waals surface area (Å²) in [6.07, 6.45) is 0. The lowest BCUT2D eigenvalue weighted by Crippen LogP contribution is -2.01. The van der Waals surface area contributed by atoms with Crippen LogP contribution < -0.4 is 10.1 Å². The molecule has 1 heterocycles. The van der Waals surface area contributed by atoms with Crippen molar-refractivity contribution >= 4 is 55.8 Å².